The molecule has 3 rings (SSSR count). The number of carboxylic acid groups (broad SMARTS) is 1. The second-order valence-corrected chi connectivity index (χ2v) is 10.0. The number of carboxylic acids is 1. The van der Waals surface area contributed by atoms with Gasteiger partial charge in [-0.1, -0.05) is 56.8 Å². The first-order valence-electron chi connectivity index (χ1n) is 10.3. The van der Waals surface area contributed by atoms with Crippen molar-refractivity contribution in [2.45, 2.75) is 61.9 Å². The first kappa shape index (κ1) is 21.7. The lowest BCUT2D eigenvalue weighted by Gasteiger charge is -2.43. The van der Waals surface area contributed by atoms with Crippen LogP contribution in [0.1, 0.15) is 40.2 Å². The minimum absolute atomic E-state index is 0.156. The summed E-state index contributed by atoms with van der Waals surface area (Å²) in [6.07, 6.45) is 0. The van der Waals surface area contributed by atoms with Crippen LogP contribution in [0, 0.1) is 0 Å². The quantitative estimate of drug-likeness (QED) is 0.738. The van der Waals surface area contributed by atoms with Crippen molar-refractivity contribution in [1.29, 1.82) is 0 Å². The number of benzene rings is 2. The summed E-state index contributed by atoms with van der Waals surface area (Å²) < 4.78 is 0. The lowest BCUT2D eigenvalue weighted by molar-refractivity contribution is -0.142. The first-order valence-corrected chi connectivity index (χ1v) is 11.1. The maximum Gasteiger partial charge on any atom is 0.320 e. The van der Waals surface area contributed by atoms with Gasteiger partial charge in [-0.05, 0) is 49.1 Å². The molecule has 0 spiro atoms. The van der Waals surface area contributed by atoms with Crippen LogP contribution in [0.15, 0.2) is 58.3 Å². The summed E-state index contributed by atoms with van der Waals surface area (Å²) in [6, 6.07) is 17.2. The second-order valence-electron chi connectivity index (χ2n) is 8.90. The predicted octanol–water partition coefficient (Wildman–Crippen LogP) is 5.12. The molecule has 1 N–H and O–H groups in total. The minimum atomic E-state index is -0.750. The van der Waals surface area contributed by atoms with Gasteiger partial charge in [-0.15, -0.1) is 0 Å². The van der Waals surface area contributed by atoms with Gasteiger partial charge in [0, 0.05) is 35.5 Å². The van der Waals surface area contributed by atoms with Gasteiger partial charge in [0.25, 0.3) is 0 Å². The Kier molecular flexibility index (Phi) is 6.59. The molecule has 2 unspecified atom stereocenters. The third kappa shape index (κ3) is 5.14. The molecule has 0 bridgehead atoms. The molecule has 0 amide bonds. The predicted molar refractivity (Wildman–Crippen MR) is 121 cm³/mol. The van der Waals surface area contributed by atoms with Crippen LogP contribution in [0.2, 0.25) is 0 Å². The highest BCUT2D eigenvalue weighted by Crippen LogP contribution is 2.37. The van der Waals surface area contributed by atoms with Crippen LogP contribution >= 0.6 is 11.8 Å². The lowest BCUT2D eigenvalue weighted by atomic mass is 9.87. The molecule has 1 aliphatic rings. The Labute approximate surface area is 178 Å². The third-order valence-corrected chi connectivity index (χ3v) is 6.76. The average Bonchev–Trinajstić information content (AvgIpc) is 2.67. The van der Waals surface area contributed by atoms with E-state index in [2.05, 4.69) is 86.0 Å². The summed E-state index contributed by atoms with van der Waals surface area (Å²) in [4.78, 5) is 18.3. The number of carbonyl (C=O) groups is 1. The van der Waals surface area contributed by atoms with E-state index in [1.807, 2.05) is 0 Å². The fraction of sp³-hybridized carbons (Fsp3) is 0.458. The minimum Gasteiger partial charge on any atom is -0.480 e. The van der Waals surface area contributed by atoms with Crippen molar-refractivity contribution in [3.05, 3.63) is 54.1 Å². The maximum absolute atomic E-state index is 11.3. The van der Waals surface area contributed by atoms with E-state index in [4.69, 9.17) is 0 Å². The van der Waals surface area contributed by atoms with Crippen LogP contribution in [0.5, 0.6) is 0 Å². The molecule has 0 aliphatic carbocycles. The van der Waals surface area contributed by atoms with Gasteiger partial charge in [-0.3, -0.25) is 9.69 Å². The molecule has 0 aromatic heterocycles. The number of nitrogens with zero attached hydrogens (tertiary/aromatic N) is 2. The molecule has 156 valence electrons. The summed E-state index contributed by atoms with van der Waals surface area (Å²) in [5.41, 5.74) is 2.73. The molecule has 2 aromatic rings. The average molecular weight is 413 g/mol. The molecule has 4 nitrogen and oxygen atoms in total. The molecule has 1 heterocycles. The Balaban J connectivity index is 1.77. The highest BCUT2D eigenvalue weighted by atomic mass is 32.2. The van der Waals surface area contributed by atoms with Crippen molar-refractivity contribution in [1.82, 2.24) is 4.90 Å². The van der Waals surface area contributed by atoms with Gasteiger partial charge >= 0.3 is 5.97 Å². The van der Waals surface area contributed by atoms with Gasteiger partial charge in [-0.2, -0.15) is 0 Å². The largest absolute Gasteiger partial charge is 0.480 e. The molecule has 1 aliphatic heterocycles. The van der Waals surface area contributed by atoms with E-state index in [0.717, 1.165) is 19.6 Å². The van der Waals surface area contributed by atoms with Gasteiger partial charge in [0.15, 0.2) is 0 Å². The van der Waals surface area contributed by atoms with Crippen LogP contribution in [-0.2, 0) is 10.2 Å². The van der Waals surface area contributed by atoms with E-state index < -0.39 is 12.0 Å². The molecule has 2 atom stereocenters. The zero-order chi connectivity index (χ0) is 21.2. The van der Waals surface area contributed by atoms with E-state index in [9.17, 15) is 9.90 Å². The summed E-state index contributed by atoms with van der Waals surface area (Å²) in [5, 5.41) is 9.32. The van der Waals surface area contributed by atoms with Crippen LogP contribution in [0.4, 0.5) is 5.69 Å². The number of anilines is 1. The Morgan fingerprint density at radius 3 is 2.34 bits per heavy atom. The third-order valence-electron chi connectivity index (χ3n) is 5.69. The molecule has 0 saturated carbocycles. The first-order chi connectivity index (χ1) is 13.7. The number of rotatable bonds is 5. The van der Waals surface area contributed by atoms with Crippen molar-refractivity contribution in [3.63, 3.8) is 0 Å². The number of hydrogen-bond acceptors (Lipinski definition) is 4. The molecule has 29 heavy (non-hydrogen) atoms. The standard InChI is InChI=1S/C24H32N2O2S/c1-17-16-25(18(2)23(27)28)14-15-26(17)21-8-6-7-9-22(21)29-20-12-10-19(11-13-20)24(3,4)5/h6-13,17-18H,14-16H2,1-5H3,(H,27,28). The van der Waals surface area contributed by atoms with Crippen LogP contribution < -0.4 is 4.90 Å². The summed E-state index contributed by atoms with van der Waals surface area (Å²) >= 11 is 1.79. The molecule has 2 aromatic carbocycles. The van der Waals surface area contributed by atoms with Gasteiger partial charge < -0.3 is 10.0 Å². The zero-order valence-electron chi connectivity index (χ0n) is 18.1. The molecule has 1 fully saturated rings. The molecule has 0 radical (unpaired) electrons. The maximum atomic E-state index is 11.3. The topological polar surface area (TPSA) is 43.8 Å². The Bertz CT molecular complexity index is 845. The lowest BCUT2D eigenvalue weighted by Crippen LogP contribution is -2.56. The molecule has 1 saturated heterocycles. The van der Waals surface area contributed by atoms with Crippen LogP contribution in [-0.4, -0.2) is 47.7 Å². The van der Waals surface area contributed by atoms with Gasteiger partial charge in [0.1, 0.15) is 6.04 Å². The number of hydrogen-bond donors (Lipinski definition) is 1. The monoisotopic (exact) mass is 412 g/mol. The van der Waals surface area contributed by atoms with E-state index in [1.54, 1.807) is 18.7 Å². The van der Waals surface area contributed by atoms with Gasteiger partial charge in [0.05, 0.1) is 5.69 Å². The Morgan fingerprint density at radius 1 is 1.10 bits per heavy atom. The second kappa shape index (κ2) is 8.80. The number of aliphatic carboxylic acids is 1. The van der Waals surface area contributed by atoms with E-state index >= 15 is 0 Å². The summed E-state index contributed by atoms with van der Waals surface area (Å²) in [5.74, 6) is -0.750. The van der Waals surface area contributed by atoms with Crippen LogP contribution in [0.3, 0.4) is 0 Å². The SMILES string of the molecule is CC(C(=O)O)N1CCN(c2ccccc2Sc2ccc(C(C)(C)C)cc2)C(C)C1. The van der Waals surface area contributed by atoms with Crippen molar-refractivity contribution in [3.8, 4) is 0 Å². The Morgan fingerprint density at radius 2 is 1.76 bits per heavy atom. The van der Waals surface area contributed by atoms with E-state index in [0.29, 0.717) is 0 Å². The van der Waals surface area contributed by atoms with E-state index in [-0.39, 0.29) is 11.5 Å². The Hall–Kier alpha value is -1.98. The van der Waals surface area contributed by atoms with Gasteiger partial charge in [0.2, 0.25) is 0 Å². The molecule has 5 heteroatoms. The van der Waals surface area contributed by atoms with Crippen molar-refractivity contribution < 1.29 is 9.90 Å². The van der Waals surface area contributed by atoms with Crippen molar-refractivity contribution in [2.75, 3.05) is 24.5 Å². The summed E-state index contributed by atoms with van der Waals surface area (Å²) in [7, 11) is 0. The van der Waals surface area contributed by atoms with Gasteiger partial charge in [-0.25, -0.2) is 0 Å². The highest BCUT2D eigenvalue weighted by molar-refractivity contribution is 7.99. The number of para-hydroxylation sites is 1. The fourth-order valence-corrected chi connectivity index (χ4v) is 4.74. The molecular formula is C24H32N2O2S. The zero-order valence-corrected chi connectivity index (χ0v) is 18.9. The van der Waals surface area contributed by atoms with Crippen LogP contribution in [0.25, 0.3) is 0 Å². The van der Waals surface area contributed by atoms with E-state index in [1.165, 1.54) is 21.0 Å². The highest BCUT2D eigenvalue weighted by Gasteiger charge is 2.30. The molecular weight excluding hydrogens is 380 g/mol. The normalized spacial score (nSPS) is 19.2. The van der Waals surface area contributed by atoms with Crippen molar-refractivity contribution >= 4 is 23.4 Å². The summed E-state index contributed by atoms with van der Waals surface area (Å²) in [6.45, 7) is 13.0. The van der Waals surface area contributed by atoms with Crippen molar-refractivity contribution in [2.24, 2.45) is 0 Å². The smallest absolute Gasteiger partial charge is 0.320 e. The fourth-order valence-electron chi connectivity index (χ4n) is 3.78. The number of piperazine rings is 1.